The van der Waals surface area contributed by atoms with Gasteiger partial charge in [-0.05, 0) is 25.2 Å². The normalized spacial score (nSPS) is 16.5. The number of carbonyl (C=O) groups excluding carboxylic acids is 2. The average Bonchev–Trinajstić information content (AvgIpc) is 2.49. The minimum atomic E-state index is -0.412. The molecule has 1 aliphatic rings. The molecule has 1 saturated heterocycles. The number of nitrogens with zero attached hydrogens (tertiary/aromatic N) is 2. The third-order valence-corrected chi connectivity index (χ3v) is 3.53. The lowest BCUT2D eigenvalue weighted by Crippen LogP contribution is -2.47. The first-order valence-corrected chi connectivity index (χ1v) is 6.97. The van der Waals surface area contributed by atoms with E-state index >= 15 is 0 Å². The summed E-state index contributed by atoms with van der Waals surface area (Å²) in [7, 11) is 3.41. The number of amides is 1. The van der Waals surface area contributed by atoms with Crippen molar-refractivity contribution >= 4 is 17.6 Å². The third-order valence-electron chi connectivity index (χ3n) is 3.53. The highest BCUT2D eigenvalue weighted by molar-refractivity contribution is 5.95. The smallest absolute Gasteiger partial charge is 0.337 e. The molecule has 6 nitrogen and oxygen atoms in total. The van der Waals surface area contributed by atoms with Crippen molar-refractivity contribution in [3.05, 3.63) is 29.8 Å². The first-order chi connectivity index (χ1) is 10.1. The van der Waals surface area contributed by atoms with Crippen molar-refractivity contribution in [3.63, 3.8) is 0 Å². The van der Waals surface area contributed by atoms with E-state index in [-0.39, 0.29) is 5.91 Å². The number of rotatable bonds is 4. The number of anilines is 1. The molecule has 1 aliphatic heterocycles. The van der Waals surface area contributed by atoms with E-state index in [1.165, 1.54) is 7.11 Å². The summed E-state index contributed by atoms with van der Waals surface area (Å²) >= 11 is 0. The molecule has 1 aromatic carbocycles. The van der Waals surface area contributed by atoms with Gasteiger partial charge in [-0.25, -0.2) is 4.79 Å². The van der Waals surface area contributed by atoms with Crippen LogP contribution >= 0.6 is 0 Å². The Labute approximate surface area is 124 Å². The molecule has 21 heavy (non-hydrogen) atoms. The Balaban J connectivity index is 1.89. The van der Waals surface area contributed by atoms with Gasteiger partial charge in [-0.2, -0.15) is 0 Å². The highest BCUT2D eigenvalue weighted by Crippen LogP contribution is 2.11. The fraction of sp³-hybridized carbons (Fsp3) is 0.467. The Morgan fingerprint density at radius 3 is 2.62 bits per heavy atom. The quantitative estimate of drug-likeness (QED) is 0.826. The molecule has 0 unspecified atom stereocenters. The summed E-state index contributed by atoms with van der Waals surface area (Å²) in [6, 6.07) is 6.75. The second-order valence-corrected chi connectivity index (χ2v) is 5.20. The zero-order chi connectivity index (χ0) is 15.2. The summed E-state index contributed by atoms with van der Waals surface area (Å²) in [5.41, 5.74) is 1.03. The first kappa shape index (κ1) is 15.5. The van der Waals surface area contributed by atoms with E-state index in [4.69, 9.17) is 0 Å². The third kappa shape index (κ3) is 4.54. The summed E-state index contributed by atoms with van der Waals surface area (Å²) in [6.07, 6.45) is 0. The number of nitrogens with one attached hydrogen (secondary N) is 1. The van der Waals surface area contributed by atoms with Gasteiger partial charge in [0.15, 0.2) is 0 Å². The van der Waals surface area contributed by atoms with Crippen molar-refractivity contribution < 1.29 is 14.3 Å². The van der Waals surface area contributed by atoms with Crippen LogP contribution in [-0.4, -0.2) is 68.6 Å². The van der Waals surface area contributed by atoms with Gasteiger partial charge in [-0.3, -0.25) is 9.69 Å². The number of piperazine rings is 1. The molecule has 2 rings (SSSR count). The predicted octanol–water partition coefficient (Wildman–Crippen LogP) is 0.659. The zero-order valence-corrected chi connectivity index (χ0v) is 12.5. The van der Waals surface area contributed by atoms with Gasteiger partial charge in [-0.15, -0.1) is 0 Å². The van der Waals surface area contributed by atoms with Gasteiger partial charge in [0.05, 0.1) is 19.2 Å². The van der Waals surface area contributed by atoms with E-state index in [1.54, 1.807) is 24.3 Å². The summed E-state index contributed by atoms with van der Waals surface area (Å²) in [4.78, 5) is 27.9. The molecule has 0 aromatic heterocycles. The molecule has 0 aliphatic carbocycles. The fourth-order valence-electron chi connectivity index (χ4n) is 2.25. The molecule has 1 aromatic rings. The predicted molar refractivity (Wildman–Crippen MR) is 80.3 cm³/mol. The molecule has 1 amide bonds. The van der Waals surface area contributed by atoms with Crippen LogP contribution in [0, 0.1) is 0 Å². The first-order valence-electron chi connectivity index (χ1n) is 6.97. The summed E-state index contributed by atoms with van der Waals surface area (Å²) in [5, 5.41) is 2.82. The van der Waals surface area contributed by atoms with Crippen molar-refractivity contribution in [1.82, 2.24) is 9.80 Å². The number of carbonyl (C=O) groups is 2. The standard InChI is InChI=1S/C15H21N3O3/c1-17-6-8-18(9-7-17)11-14(19)16-13-5-3-4-12(10-13)15(20)21-2/h3-5,10H,6-9,11H2,1-2H3,(H,16,19). The molecule has 6 heteroatoms. The minimum absolute atomic E-state index is 0.0680. The van der Waals surface area contributed by atoms with Crippen molar-refractivity contribution in [3.8, 4) is 0 Å². The molecule has 0 bridgehead atoms. The number of likely N-dealkylation sites (N-methyl/N-ethyl adjacent to an activating group) is 1. The largest absolute Gasteiger partial charge is 0.465 e. The Kier molecular flexibility index (Phi) is 5.30. The zero-order valence-electron chi connectivity index (χ0n) is 12.5. The van der Waals surface area contributed by atoms with E-state index in [0.29, 0.717) is 17.8 Å². The molecule has 1 heterocycles. The highest BCUT2D eigenvalue weighted by atomic mass is 16.5. The van der Waals surface area contributed by atoms with Gasteiger partial charge in [0.1, 0.15) is 0 Å². The van der Waals surface area contributed by atoms with Gasteiger partial charge in [0.25, 0.3) is 0 Å². The van der Waals surface area contributed by atoms with E-state index < -0.39 is 5.97 Å². The lowest BCUT2D eigenvalue weighted by molar-refractivity contribution is -0.117. The van der Waals surface area contributed by atoms with Crippen LogP contribution in [0.5, 0.6) is 0 Å². The summed E-state index contributed by atoms with van der Waals surface area (Å²) < 4.78 is 4.66. The number of hydrogen-bond donors (Lipinski definition) is 1. The van der Waals surface area contributed by atoms with E-state index in [1.807, 2.05) is 0 Å². The number of hydrogen-bond acceptors (Lipinski definition) is 5. The Bertz CT molecular complexity index is 511. The second kappa shape index (κ2) is 7.19. The molecular formula is C15H21N3O3. The maximum Gasteiger partial charge on any atom is 0.337 e. The molecule has 1 fully saturated rings. The Hall–Kier alpha value is -1.92. The van der Waals surface area contributed by atoms with Crippen LogP contribution in [0.1, 0.15) is 10.4 Å². The monoisotopic (exact) mass is 291 g/mol. The van der Waals surface area contributed by atoms with Crippen molar-refractivity contribution in [2.24, 2.45) is 0 Å². The molecule has 0 atom stereocenters. The molecule has 0 spiro atoms. The lowest BCUT2D eigenvalue weighted by Gasteiger charge is -2.31. The second-order valence-electron chi connectivity index (χ2n) is 5.20. The summed E-state index contributed by atoms with van der Waals surface area (Å²) in [6.45, 7) is 4.12. The number of methoxy groups -OCH3 is 1. The van der Waals surface area contributed by atoms with E-state index in [9.17, 15) is 9.59 Å². The van der Waals surface area contributed by atoms with Gasteiger partial charge in [0.2, 0.25) is 5.91 Å². The summed E-state index contributed by atoms with van der Waals surface area (Å²) in [5.74, 6) is -0.480. The average molecular weight is 291 g/mol. The van der Waals surface area contributed by atoms with Crippen LogP contribution in [0.2, 0.25) is 0 Å². The van der Waals surface area contributed by atoms with Crippen LogP contribution in [0.4, 0.5) is 5.69 Å². The van der Waals surface area contributed by atoms with Crippen LogP contribution in [0.25, 0.3) is 0 Å². The van der Waals surface area contributed by atoms with Gasteiger partial charge in [-0.1, -0.05) is 6.07 Å². The molecule has 0 saturated carbocycles. The Morgan fingerprint density at radius 2 is 1.95 bits per heavy atom. The maximum atomic E-state index is 12.0. The molecule has 1 N–H and O–H groups in total. The lowest BCUT2D eigenvalue weighted by atomic mass is 10.2. The molecule has 0 radical (unpaired) electrons. The van der Waals surface area contributed by atoms with E-state index in [2.05, 4.69) is 26.9 Å². The van der Waals surface area contributed by atoms with Crippen molar-refractivity contribution in [2.45, 2.75) is 0 Å². The van der Waals surface area contributed by atoms with Crippen molar-refractivity contribution in [2.75, 3.05) is 52.2 Å². The number of esters is 1. The SMILES string of the molecule is COC(=O)c1cccc(NC(=O)CN2CCN(C)CC2)c1. The van der Waals surface area contributed by atoms with Gasteiger partial charge >= 0.3 is 5.97 Å². The van der Waals surface area contributed by atoms with E-state index in [0.717, 1.165) is 26.2 Å². The maximum absolute atomic E-state index is 12.0. The highest BCUT2D eigenvalue weighted by Gasteiger charge is 2.16. The van der Waals surface area contributed by atoms with Gasteiger partial charge < -0.3 is 15.0 Å². The Morgan fingerprint density at radius 1 is 1.24 bits per heavy atom. The van der Waals surface area contributed by atoms with Crippen LogP contribution in [-0.2, 0) is 9.53 Å². The van der Waals surface area contributed by atoms with Crippen LogP contribution in [0.3, 0.4) is 0 Å². The van der Waals surface area contributed by atoms with Crippen molar-refractivity contribution in [1.29, 1.82) is 0 Å². The van der Waals surface area contributed by atoms with Crippen LogP contribution < -0.4 is 5.32 Å². The van der Waals surface area contributed by atoms with Crippen LogP contribution in [0.15, 0.2) is 24.3 Å². The minimum Gasteiger partial charge on any atom is -0.465 e. The topological polar surface area (TPSA) is 61.9 Å². The van der Waals surface area contributed by atoms with Gasteiger partial charge in [0, 0.05) is 31.9 Å². The molecule has 114 valence electrons. The number of ether oxygens (including phenoxy) is 1. The fourth-order valence-corrected chi connectivity index (χ4v) is 2.25. The molecular weight excluding hydrogens is 270 g/mol. The number of benzene rings is 1.